The molecule has 0 bridgehead atoms. The van der Waals surface area contributed by atoms with Crippen molar-refractivity contribution in [3.63, 3.8) is 0 Å². The van der Waals surface area contributed by atoms with Crippen molar-refractivity contribution in [2.24, 2.45) is 0 Å². The molecule has 130 valence electrons. The number of esters is 1. The number of nitrogens with zero attached hydrogens (tertiary/aromatic N) is 3. The van der Waals surface area contributed by atoms with Gasteiger partial charge in [0, 0.05) is 5.57 Å². The highest BCUT2D eigenvalue weighted by Crippen LogP contribution is 2.32. The third kappa shape index (κ3) is 2.68. The summed E-state index contributed by atoms with van der Waals surface area (Å²) >= 11 is 0. The van der Waals surface area contributed by atoms with Crippen LogP contribution in [0, 0.1) is 0 Å². The number of hydrogen-bond donors (Lipinski definition) is 0. The summed E-state index contributed by atoms with van der Waals surface area (Å²) in [5.74, 6) is -0.612. The van der Waals surface area contributed by atoms with Gasteiger partial charge in [-0.15, -0.1) is 0 Å². The summed E-state index contributed by atoms with van der Waals surface area (Å²) in [7, 11) is 1.37. The van der Waals surface area contributed by atoms with Crippen molar-refractivity contribution in [1.29, 1.82) is 0 Å². The number of amides is 6. The van der Waals surface area contributed by atoms with Crippen LogP contribution in [0.3, 0.4) is 0 Å². The molecule has 6 amide bonds. The van der Waals surface area contributed by atoms with Gasteiger partial charge in [0.2, 0.25) is 0 Å². The van der Waals surface area contributed by atoms with Crippen molar-refractivity contribution >= 4 is 24.1 Å². The average molecular weight is 340 g/mol. The molecule has 0 aromatic heterocycles. The molecule has 0 spiro atoms. The van der Waals surface area contributed by atoms with E-state index >= 15 is 0 Å². The maximum Gasteiger partial charge on any atom is 0.438 e. The number of quaternary nitrogens is 1. The van der Waals surface area contributed by atoms with E-state index < -0.39 is 41.0 Å². The van der Waals surface area contributed by atoms with Crippen LogP contribution in [0.4, 0.5) is 14.4 Å². The quantitative estimate of drug-likeness (QED) is 0.295. The molecule has 0 aromatic rings. The Hall–Kier alpha value is -2.30. The lowest BCUT2D eigenvalue weighted by atomic mass is 10.3. The summed E-state index contributed by atoms with van der Waals surface area (Å²) in [6.45, 7) is 5.12. The highest BCUT2D eigenvalue weighted by Gasteiger charge is 2.63. The topological polar surface area (TPSA) is 109 Å². The predicted molar refractivity (Wildman–Crippen MR) is 76.2 cm³/mol. The van der Waals surface area contributed by atoms with Crippen molar-refractivity contribution in [2.45, 2.75) is 19.4 Å². The van der Waals surface area contributed by atoms with Gasteiger partial charge in [-0.05, 0) is 6.92 Å². The van der Waals surface area contributed by atoms with Gasteiger partial charge in [0.05, 0.1) is 20.3 Å². The molecule has 0 N–H and O–H groups in total. The second-order valence-corrected chi connectivity index (χ2v) is 6.00. The Bertz CT molecular complexity index is 604. The maximum atomic E-state index is 12.7. The lowest BCUT2D eigenvalue weighted by molar-refractivity contribution is -0.757. The number of carbonyl (C=O) groups excluding carboxylic acids is 4. The molecule has 10 heteroatoms. The van der Waals surface area contributed by atoms with E-state index in [2.05, 4.69) is 6.58 Å². The summed E-state index contributed by atoms with van der Waals surface area (Å²) < 4.78 is 14.3. The molecule has 3 aliphatic rings. The van der Waals surface area contributed by atoms with Gasteiger partial charge in [-0.3, -0.25) is 0 Å². The van der Waals surface area contributed by atoms with E-state index in [1.165, 1.54) is 14.0 Å². The monoisotopic (exact) mass is 340 g/mol. The normalized spacial score (nSPS) is 32.0. The first kappa shape index (κ1) is 16.6. The first-order valence-corrected chi connectivity index (χ1v) is 7.40. The lowest BCUT2D eigenvalue weighted by Crippen LogP contribution is -2.73. The fourth-order valence-corrected chi connectivity index (χ4v) is 2.35. The first-order chi connectivity index (χ1) is 11.3. The number of epoxide rings is 2. The average Bonchev–Trinajstić information content (AvgIpc) is 3.39. The summed E-state index contributed by atoms with van der Waals surface area (Å²) in [6.07, 6.45) is -1.34. The first-order valence-electron chi connectivity index (χ1n) is 7.40. The molecular weight excluding hydrogens is 322 g/mol. The highest BCUT2D eigenvalue weighted by atomic mass is 16.6. The molecular formula is C14H18N3O7+. The van der Waals surface area contributed by atoms with Crippen molar-refractivity contribution in [2.75, 3.05) is 33.4 Å². The van der Waals surface area contributed by atoms with E-state index in [1.54, 1.807) is 0 Å². The molecule has 3 fully saturated rings. The molecule has 3 rings (SSSR count). The number of imide groups is 3. The van der Waals surface area contributed by atoms with Crippen molar-refractivity contribution in [3.05, 3.63) is 12.2 Å². The Morgan fingerprint density at radius 1 is 1.21 bits per heavy atom. The van der Waals surface area contributed by atoms with E-state index in [4.69, 9.17) is 14.2 Å². The van der Waals surface area contributed by atoms with Crippen LogP contribution in [0.25, 0.3) is 0 Å². The van der Waals surface area contributed by atoms with E-state index in [1.807, 2.05) is 0 Å². The van der Waals surface area contributed by atoms with Crippen LogP contribution in [-0.2, 0) is 19.0 Å². The van der Waals surface area contributed by atoms with Crippen LogP contribution in [0.5, 0.6) is 0 Å². The molecule has 3 heterocycles. The fourth-order valence-electron chi connectivity index (χ4n) is 2.35. The van der Waals surface area contributed by atoms with Crippen molar-refractivity contribution in [1.82, 2.24) is 9.80 Å². The molecule has 10 nitrogen and oxygen atoms in total. The molecule has 2 unspecified atom stereocenters. The molecule has 0 saturated carbocycles. The molecule has 2 atom stereocenters. The van der Waals surface area contributed by atoms with Crippen molar-refractivity contribution in [3.8, 4) is 0 Å². The van der Waals surface area contributed by atoms with Gasteiger partial charge in [0.1, 0.15) is 13.2 Å². The van der Waals surface area contributed by atoms with E-state index in [-0.39, 0.29) is 31.9 Å². The number of rotatable bonds is 6. The zero-order valence-electron chi connectivity index (χ0n) is 13.4. The second kappa shape index (κ2) is 5.65. The molecule has 0 aliphatic carbocycles. The Morgan fingerprint density at radius 3 is 2.04 bits per heavy atom. The molecule has 0 radical (unpaired) electrons. The van der Waals surface area contributed by atoms with Crippen LogP contribution in [-0.4, -0.2) is 84.2 Å². The number of likely N-dealkylation sites (N-methyl/N-ethyl adjacent to an activating group) is 1. The minimum Gasteiger partial charge on any atom is -0.456 e. The van der Waals surface area contributed by atoms with E-state index in [0.717, 1.165) is 9.80 Å². The van der Waals surface area contributed by atoms with E-state index in [9.17, 15) is 19.2 Å². The largest absolute Gasteiger partial charge is 0.456 e. The van der Waals surface area contributed by atoms with Crippen LogP contribution in [0.2, 0.25) is 0 Å². The van der Waals surface area contributed by atoms with Gasteiger partial charge in [-0.1, -0.05) is 6.58 Å². The molecule has 3 aliphatic heterocycles. The summed E-state index contributed by atoms with van der Waals surface area (Å²) in [5, 5.41) is 0. The smallest absolute Gasteiger partial charge is 0.438 e. The third-order valence-electron chi connectivity index (χ3n) is 4.00. The van der Waals surface area contributed by atoms with Gasteiger partial charge in [-0.25, -0.2) is 19.2 Å². The summed E-state index contributed by atoms with van der Waals surface area (Å²) in [5.41, 5.74) is 0.213. The van der Waals surface area contributed by atoms with Crippen molar-refractivity contribution < 1.29 is 37.9 Å². The van der Waals surface area contributed by atoms with Crippen LogP contribution in [0.15, 0.2) is 12.2 Å². The SMILES string of the molecule is C=C(C)C(=O)OCC[N+]1(C)C(=O)N(C2CO2)C(=O)N(C2CO2)C1=O. The highest BCUT2D eigenvalue weighted by molar-refractivity contribution is 6.06. The van der Waals surface area contributed by atoms with Crippen LogP contribution >= 0.6 is 0 Å². The predicted octanol–water partition coefficient (Wildman–Crippen LogP) is 0.243. The Labute approximate surface area is 137 Å². The van der Waals surface area contributed by atoms with Gasteiger partial charge >= 0.3 is 24.1 Å². The maximum absolute atomic E-state index is 12.7. The number of carbonyl (C=O) groups is 4. The van der Waals surface area contributed by atoms with E-state index in [0.29, 0.717) is 0 Å². The standard InChI is InChI=1S/C14H18N3O7/c1-8(2)11(18)22-5-4-17(3)13(20)15(9-6-23-9)12(19)16(14(17)21)10-7-24-10/h9-10H,1,4-7H2,2-3H3/q+1. The third-order valence-corrected chi connectivity index (χ3v) is 4.00. The second-order valence-electron chi connectivity index (χ2n) is 6.00. The number of ether oxygens (including phenoxy) is 3. The molecule has 0 aromatic carbocycles. The molecule has 24 heavy (non-hydrogen) atoms. The number of hydrogen-bond acceptors (Lipinski definition) is 7. The van der Waals surface area contributed by atoms with Crippen LogP contribution in [0.1, 0.15) is 6.92 Å². The zero-order chi connectivity index (χ0) is 17.6. The van der Waals surface area contributed by atoms with Crippen LogP contribution < -0.4 is 0 Å². The Kier molecular flexibility index (Phi) is 3.90. The van der Waals surface area contributed by atoms with Gasteiger partial charge in [0.25, 0.3) is 0 Å². The fraction of sp³-hybridized carbons (Fsp3) is 0.571. The lowest BCUT2D eigenvalue weighted by Gasteiger charge is -2.40. The van der Waals surface area contributed by atoms with Gasteiger partial charge in [-0.2, -0.15) is 14.3 Å². The summed E-state index contributed by atoms with van der Waals surface area (Å²) in [4.78, 5) is 51.1. The number of urea groups is 3. The minimum atomic E-state index is -0.746. The molecule has 3 saturated heterocycles. The van der Waals surface area contributed by atoms with Gasteiger partial charge in [0.15, 0.2) is 12.5 Å². The zero-order valence-corrected chi connectivity index (χ0v) is 13.4. The Balaban J connectivity index is 1.79. The minimum absolute atomic E-state index is 0.115. The Morgan fingerprint density at radius 2 is 1.67 bits per heavy atom. The van der Waals surface area contributed by atoms with Gasteiger partial charge < -0.3 is 14.2 Å². The summed E-state index contributed by atoms with van der Waals surface area (Å²) in [6, 6.07) is -2.17.